The zero-order valence-electron chi connectivity index (χ0n) is 8.19. The van der Waals surface area contributed by atoms with Crippen LogP contribution in [-0.4, -0.2) is 12.7 Å². The van der Waals surface area contributed by atoms with Crippen LogP contribution in [0.25, 0.3) is 0 Å². The fourth-order valence-corrected chi connectivity index (χ4v) is 1.92. The Bertz CT molecular complexity index is 345. The summed E-state index contributed by atoms with van der Waals surface area (Å²) in [7, 11) is 0. The summed E-state index contributed by atoms with van der Waals surface area (Å²) >= 11 is 11.4. The van der Waals surface area contributed by atoms with Gasteiger partial charge in [0.15, 0.2) is 0 Å². The van der Waals surface area contributed by atoms with Crippen LogP contribution in [0.2, 0.25) is 10.0 Å². The largest absolute Gasteiger partial charge is 0.393 e. The highest BCUT2D eigenvalue weighted by molar-refractivity contribution is 6.34. The lowest BCUT2D eigenvalue weighted by atomic mass is 9.99. The molecule has 0 radical (unpaired) electrons. The molecule has 0 aliphatic rings. The zero-order chi connectivity index (χ0) is 12.3. The Hall–Kier alpha value is -0.450. The van der Waals surface area contributed by atoms with Gasteiger partial charge < -0.3 is 5.73 Å². The summed E-state index contributed by atoms with van der Waals surface area (Å²) < 4.78 is 37.4. The van der Waals surface area contributed by atoms with E-state index in [1.165, 1.54) is 18.2 Å². The van der Waals surface area contributed by atoms with Crippen molar-refractivity contribution in [3.63, 3.8) is 0 Å². The second-order valence-corrected chi connectivity index (χ2v) is 4.33. The van der Waals surface area contributed by atoms with E-state index in [4.69, 9.17) is 28.9 Å². The maximum Gasteiger partial charge on any atom is 0.393 e. The van der Waals surface area contributed by atoms with Gasteiger partial charge in [0.1, 0.15) is 0 Å². The summed E-state index contributed by atoms with van der Waals surface area (Å²) in [5.41, 5.74) is 5.53. The molecule has 0 amide bonds. The Labute approximate surface area is 101 Å². The molecule has 0 aliphatic heterocycles. The predicted molar refractivity (Wildman–Crippen MR) is 58.8 cm³/mol. The minimum Gasteiger partial charge on any atom is -0.330 e. The highest BCUT2D eigenvalue weighted by Crippen LogP contribution is 2.30. The fourth-order valence-electron chi connectivity index (χ4n) is 1.35. The van der Waals surface area contributed by atoms with E-state index in [2.05, 4.69) is 0 Å². The first-order valence-electron chi connectivity index (χ1n) is 4.54. The van der Waals surface area contributed by atoms with Gasteiger partial charge in [-0.15, -0.1) is 0 Å². The number of alkyl halides is 3. The van der Waals surface area contributed by atoms with Gasteiger partial charge in [0.2, 0.25) is 0 Å². The smallest absolute Gasteiger partial charge is 0.330 e. The van der Waals surface area contributed by atoms with Crippen LogP contribution < -0.4 is 5.73 Å². The van der Waals surface area contributed by atoms with Gasteiger partial charge in [-0.3, -0.25) is 0 Å². The molecular formula is C10H10Cl2F3N. The number of halogens is 5. The van der Waals surface area contributed by atoms with Gasteiger partial charge in [-0.2, -0.15) is 13.2 Å². The molecule has 0 saturated carbocycles. The fraction of sp³-hybridized carbons (Fsp3) is 0.400. The number of hydrogen-bond acceptors (Lipinski definition) is 1. The topological polar surface area (TPSA) is 26.0 Å². The highest BCUT2D eigenvalue weighted by atomic mass is 35.5. The first kappa shape index (κ1) is 13.6. The van der Waals surface area contributed by atoms with Gasteiger partial charge in [0.25, 0.3) is 0 Å². The molecule has 16 heavy (non-hydrogen) atoms. The van der Waals surface area contributed by atoms with E-state index in [0.717, 1.165) is 0 Å². The molecule has 6 heteroatoms. The molecule has 0 aromatic heterocycles. The van der Waals surface area contributed by atoms with Crippen LogP contribution >= 0.6 is 23.2 Å². The quantitative estimate of drug-likeness (QED) is 0.892. The summed E-state index contributed by atoms with van der Waals surface area (Å²) in [5.74, 6) is -1.57. The van der Waals surface area contributed by atoms with E-state index in [0.29, 0.717) is 15.6 Å². The summed E-state index contributed by atoms with van der Waals surface area (Å²) in [5, 5.41) is 0.640. The lowest BCUT2D eigenvalue weighted by molar-refractivity contribution is -0.171. The van der Waals surface area contributed by atoms with Gasteiger partial charge in [0, 0.05) is 16.6 Å². The second-order valence-electron chi connectivity index (χ2n) is 3.46. The third-order valence-corrected chi connectivity index (χ3v) is 2.59. The van der Waals surface area contributed by atoms with E-state index in [1.807, 2.05) is 0 Å². The van der Waals surface area contributed by atoms with E-state index in [1.54, 1.807) is 0 Å². The van der Waals surface area contributed by atoms with E-state index >= 15 is 0 Å². The minimum absolute atomic E-state index is 0.208. The van der Waals surface area contributed by atoms with Gasteiger partial charge in [-0.05, 0) is 30.2 Å². The van der Waals surface area contributed by atoms with Crippen LogP contribution in [-0.2, 0) is 6.42 Å². The molecule has 1 aromatic carbocycles. The van der Waals surface area contributed by atoms with Crippen molar-refractivity contribution in [2.75, 3.05) is 6.54 Å². The summed E-state index contributed by atoms with van der Waals surface area (Å²) in [4.78, 5) is 0. The van der Waals surface area contributed by atoms with Crippen LogP contribution in [0.1, 0.15) is 5.56 Å². The van der Waals surface area contributed by atoms with Crippen molar-refractivity contribution in [2.24, 2.45) is 11.7 Å². The van der Waals surface area contributed by atoms with Gasteiger partial charge >= 0.3 is 6.18 Å². The summed E-state index contributed by atoms with van der Waals surface area (Å²) in [6.07, 6.45) is -4.51. The standard InChI is InChI=1S/C10H10Cl2F3N/c11-8-2-6(3-9(12)4-8)1-7(5-16)10(13,14)15/h2-4,7H,1,5,16H2. The Morgan fingerprint density at radius 1 is 1.12 bits per heavy atom. The van der Waals surface area contributed by atoms with Gasteiger partial charge in [-0.25, -0.2) is 0 Å². The molecular weight excluding hydrogens is 262 g/mol. The van der Waals surface area contributed by atoms with Crippen LogP contribution in [0.15, 0.2) is 18.2 Å². The van der Waals surface area contributed by atoms with Crippen molar-refractivity contribution in [1.82, 2.24) is 0 Å². The Morgan fingerprint density at radius 2 is 1.62 bits per heavy atom. The van der Waals surface area contributed by atoms with Crippen molar-refractivity contribution < 1.29 is 13.2 Å². The Morgan fingerprint density at radius 3 is 2.00 bits per heavy atom. The average molecular weight is 272 g/mol. The molecule has 1 aromatic rings. The summed E-state index contributed by atoms with van der Waals surface area (Å²) in [6.45, 7) is -0.451. The molecule has 1 atom stereocenters. The SMILES string of the molecule is NCC(Cc1cc(Cl)cc(Cl)c1)C(F)(F)F. The van der Waals surface area contributed by atoms with Crippen molar-refractivity contribution in [3.8, 4) is 0 Å². The monoisotopic (exact) mass is 271 g/mol. The molecule has 0 fully saturated rings. The maximum atomic E-state index is 12.5. The van der Waals surface area contributed by atoms with Crippen LogP contribution in [0, 0.1) is 5.92 Å². The second kappa shape index (κ2) is 5.25. The van der Waals surface area contributed by atoms with Crippen LogP contribution in [0.3, 0.4) is 0 Å². The maximum absolute atomic E-state index is 12.5. The van der Waals surface area contributed by atoms with Crippen LogP contribution in [0.5, 0.6) is 0 Å². The lowest BCUT2D eigenvalue weighted by Crippen LogP contribution is -2.31. The highest BCUT2D eigenvalue weighted by Gasteiger charge is 2.38. The Kier molecular flexibility index (Phi) is 4.47. The van der Waals surface area contributed by atoms with Crippen LogP contribution in [0.4, 0.5) is 13.2 Å². The van der Waals surface area contributed by atoms with E-state index < -0.39 is 18.6 Å². The van der Waals surface area contributed by atoms with Crippen molar-refractivity contribution in [3.05, 3.63) is 33.8 Å². The average Bonchev–Trinajstić information content (AvgIpc) is 2.10. The third kappa shape index (κ3) is 3.85. The molecule has 0 saturated heterocycles. The first-order chi connectivity index (χ1) is 7.32. The van der Waals surface area contributed by atoms with E-state index in [9.17, 15) is 13.2 Å². The zero-order valence-corrected chi connectivity index (χ0v) is 9.70. The minimum atomic E-state index is -4.30. The normalized spacial score (nSPS) is 13.9. The number of benzene rings is 1. The molecule has 90 valence electrons. The number of nitrogens with two attached hydrogens (primary N) is 1. The molecule has 0 spiro atoms. The van der Waals surface area contributed by atoms with Gasteiger partial charge in [-0.1, -0.05) is 23.2 Å². The third-order valence-electron chi connectivity index (χ3n) is 2.15. The molecule has 0 bridgehead atoms. The molecule has 0 aliphatic carbocycles. The van der Waals surface area contributed by atoms with Crippen molar-refractivity contribution in [1.29, 1.82) is 0 Å². The molecule has 1 unspecified atom stereocenters. The Balaban J connectivity index is 2.86. The lowest BCUT2D eigenvalue weighted by Gasteiger charge is -2.18. The van der Waals surface area contributed by atoms with Crippen molar-refractivity contribution in [2.45, 2.75) is 12.6 Å². The first-order valence-corrected chi connectivity index (χ1v) is 5.30. The molecule has 1 nitrogen and oxygen atoms in total. The number of hydrogen-bond donors (Lipinski definition) is 1. The number of rotatable bonds is 3. The summed E-state index contributed by atoms with van der Waals surface area (Å²) in [6, 6.07) is 4.39. The van der Waals surface area contributed by atoms with Crippen molar-refractivity contribution >= 4 is 23.2 Å². The predicted octanol–water partition coefficient (Wildman–Crippen LogP) is 3.67. The molecule has 2 N–H and O–H groups in total. The molecule has 0 heterocycles. The van der Waals surface area contributed by atoms with E-state index in [-0.39, 0.29) is 6.42 Å². The molecule has 1 rings (SSSR count). The van der Waals surface area contributed by atoms with Gasteiger partial charge in [0.05, 0.1) is 5.92 Å².